The van der Waals surface area contributed by atoms with E-state index in [4.69, 9.17) is 0 Å². The number of thiol groups is 1. The molecule has 0 aliphatic heterocycles. The van der Waals surface area contributed by atoms with Crippen LogP contribution in [0.5, 0.6) is 0 Å². The van der Waals surface area contributed by atoms with Gasteiger partial charge in [0.2, 0.25) is 0 Å². The van der Waals surface area contributed by atoms with Crippen LogP contribution < -0.4 is 0 Å². The quantitative estimate of drug-likeness (QED) is 0.649. The molecule has 0 aliphatic carbocycles. The van der Waals surface area contributed by atoms with Crippen LogP contribution in [0.2, 0.25) is 0 Å². The van der Waals surface area contributed by atoms with Crippen LogP contribution in [0.4, 0.5) is 0 Å². The number of hydrogen-bond donors (Lipinski definition) is 1. The lowest BCUT2D eigenvalue weighted by Gasteiger charge is -2.02. The van der Waals surface area contributed by atoms with Crippen molar-refractivity contribution in [1.82, 2.24) is 14.8 Å². The molecule has 88 valence electrons. The average molecular weight is 249 g/mol. The fraction of sp³-hybridized carbons (Fsp3) is 0.182. The predicted octanol–water partition coefficient (Wildman–Crippen LogP) is 1.65. The fourth-order valence-corrected chi connectivity index (χ4v) is 1.90. The summed E-state index contributed by atoms with van der Waals surface area (Å²) in [6, 6.07) is 5.43. The summed E-state index contributed by atoms with van der Waals surface area (Å²) < 4.78 is 6.19. The number of nitrogens with zero attached hydrogens (tertiary/aromatic N) is 3. The van der Waals surface area contributed by atoms with Gasteiger partial charge in [-0.2, -0.15) is 5.10 Å². The van der Waals surface area contributed by atoms with E-state index in [1.54, 1.807) is 25.3 Å². The van der Waals surface area contributed by atoms with Gasteiger partial charge in [-0.3, -0.25) is 0 Å². The topological polar surface area (TPSA) is 57.0 Å². The van der Waals surface area contributed by atoms with Crippen LogP contribution in [0.1, 0.15) is 16.1 Å². The minimum atomic E-state index is -0.449. The molecule has 2 heterocycles. The van der Waals surface area contributed by atoms with Crippen LogP contribution in [-0.4, -0.2) is 27.8 Å². The second-order valence-corrected chi connectivity index (χ2v) is 3.80. The highest BCUT2D eigenvalue weighted by Crippen LogP contribution is 2.21. The second kappa shape index (κ2) is 4.58. The Morgan fingerprint density at radius 2 is 2.24 bits per heavy atom. The zero-order valence-electron chi connectivity index (χ0n) is 9.41. The molecule has 0 N–H and O–H groups in total. The summed E-state index contributed by atoms with van der Waals surface area (Å²) in [7, 11) is 1.33. The molecule has 0 bridgehead atoms. The van der Waals surface area contributed by atoms with Crippen molar-refractivity contribution in [3.63, 3.8) is 0 Å². The summed E-state index contributed by atoms with van der Waals surface area (Å²) in [5.74, 6) is 0.158. The molecule has 0 radical (unpaired) electrons. The van der Waals surface area contributed by atoms with Crippen molar-refractivity contribution in [3.8, 4) is 5.82 Å². The Balaban J connectivity index is 2.56. The van der Waals surface area contributed by atoms with Gasteiger partial charge in [0.25, 0.3) is 0 Å². The smallest absolute Gasteiger partial charge is 0.342 e. The van der Waals surface area contributed by atoms with E-state index in [0.717, 1.165) is 0 Å². The first kappa shape index (κ1) is 11.7. The molecule has 6 heteroatoms. The van der Waals surface area contributed by atoms with Crippen LogP contribution in [0.3, 0.4) is 0 Å². The van der Waals surface area contributed by atoms with Crippen molar-refractivity contribution >= 4 is 18.6 Å². The third kappa shape index (κ3) is 2.03. The maximum absolute atomic E-state index is 11.6. The first-order valence-corrected chi connectivity index (χ1v) is 5.38. The summed E-state index contributed by atoms with van der Waals surface area (Å²) >= 11 is 4.30. The zero-order chi connectivity index (χ0) is 12.4. The van der Waals surface area contributed by atoms with E-state index in [9.17, 15) is 4.79 Å². The van der Waals surface area contributed by atoms with Gasteiger partial charge < -0.3 is 4.74 Å². The zero-order valence-corrected chi connectivity index (χ0v) is 10.3. The first-order valence-electron chi connectivity index (χ1n) is 4.93. The maximum Gasteiger partial charge on any atom is 0.342 e. The highest BCUT2D eigenvalue weighted by molar-refractivity contribution is 7.80. The lowest BCUT2D eigenvalue weighted by molar-refractivity contribution is 0.0596. The normalized spacial score (nSPS) is 10.3. The molecular weight excluding hydrogens is 238 g/mol. The van der Waals surface area contributed by atoms with E-state index in [1.165, 1.54) is 11.8 Å². The molecule has 0 aromatic carbocycles. The van der Waals surface area contributed by atoms with E-state index < -0.39 is 5.97 Å². The van der Waals surface area contributed by atoms with E-state index >= 15 is 0 Å². The van der Waals surface area contributed by atoms with Gasteiger partial charge >= 0.3 is 5.97 Å². The van der Waals surface area contributed by atoms with Crippen molar-refractivity contribution in [1.29, 1.82) is 0 Å². The SMILES string of the molecule is COC(=O)c1c(C)nn(-c2ccccn2)c1S. The molecule has 0 atom stereocenters. The summed E-state index contributed by atoms with van der Waals surface area (Å²) in [6.45, 7) is 1.73. The molecule has 2 aromatic rings. The summed E-state index contributed by atoms with van der Waals surface area (Å²) in [5.41, 5.74) is 0.925. The molecule has 0 amide bonds. The number of ether oxygens (including phenoxy) is 1. The monoisotopic (exact) mass is 249 g/mol. The number of esters is 1. The van der Waals surface area contributed by atoms with Gasteiger partial charge in [-0.05, 0) is 19.1 Å². The van der Waals surface area contributed by atoms with Crippen molar-refractivity contribution < 1.29 is 9.53 Å². The van der Waals surface area contributed by atoms with Gasteiger partial charge in [0, 0.05) is 6.20 Å². The Bertz CT molecular complexity index is 551. The van der Waals surface area contributed by atoms with Crippen molar-refractivity contribution in [2.24, 2.45) is 0 Å². The number of methoxy groups -OCH3 is 1. The predicted molar refractivity (Wildman–Crippen MR) is 64.7 cm³/mol. The van der Waals surface area contributed by atoms with E-state index in [1.807, 2.05) is 6.07 Å². The first-order chi connectivity index (χ1) is 8.15. The summed E-state index contributed by atoms with van der Waals surface area (Å²) in [4.78, 5) is 15.7. The standard InChI is InChI=1S/C11H11N3O2S/c1-7-9(11(15)16-2)10(17)14(13-7)8-5-3-4-6-12-8/h3-6,17H,1-2H3. The minimum absolute atomic E-state index is 0.362. The molecule has 0 unspecified atom stereocenters. The van der Waals surface area contributed by atoms with Crippen LogP contribution in [0.25, 0.3) is 5.82 Å². The van der Waals surface area contributed by atoms with Gasteiger partial charge in [-0.1, -0.05) is 6.07 Å². The Labute approximate surface area is 104 Å². The molecule has 2 aromatic heterocycles. The Morgan fingerprint density at radius 1 is 1.47 bits per heavy atom. The minimum Gasteiger partial charge on any atom is -0.465 e. The number of carbonyl (C=O) groups excluding carboxylic acids is 1. The maximum atomic E-state index is 11.6. The summed E-state index contributed by atoms with van der Waals surface area (Å²) in [6.07, 6.45) is 1.65. The molecule has 0 spiro atoms. The highest BCUT2D eigenvalue weighted by atomic mass is 32.1. The average Bonchev–Trinajstić information content (AvgIpc) is 2.65. The molecule has 2 rings (SSSR count). The number of aromatic nitrogens is 3. The van der Waals surface area contributed by atoms with Crippen LogP contribution in [0, 0.1) is 6.92 Å². The number of hydrogen-bond acceptors (Lipinski definition) is 5. The Morgan fingerprint density at radius 3 is 2.82 bits per heavy atom. The number of aryl methyl sites for hydroxylation is 1. The largest absolute Gasteiger partial charge is 0.465 e. The number of pyridine rings is 1. The van der Waals surface area contributed by atoms with Crippen LogP contribution >= 0.6 is 12.6 Å². The fourth-order valence-electron chi connectivity index (χ4n) is 1.49. The molecule has 0 aliphatic rings. The van der Waals surface area contributed by atoms with Crippen LogP contribution in [0.15, 0.2) is 29.4 Å². The van der Waals surface area contributed by atoms with Crippen molar-refractivity contribution in [3.05, 3.63) is 35.7 Å². The number of rotatable bonds is 2. The third-order valence-electron chi connectivity index (χ3n) is 2.29. The lowest BCUT2D eigenvalue weighted by Crippen LogP contribution is -2.04. The van der Waals surface area contributed by atoms with Crippen LogP contribution in [-0.2, 0) is 4.74 Å². The Kier molecular flexibility index (Phi) is 3.14. The number of carbonyl (C=O) groups is 1. The summed E-state index contributed by atoms with van der Waals surface area (Å²) in [5, 5.41) is 4.65. The molecule has 5 nitrogen and oxygen atoms in total. The van der Waals surface area contributed by atoms with Gasteiger partial charge in [-0.25, -0.2) is 14.5 Å². The van der Waals surface area contributed by atoms with Gasteiger partial charge in [0.05, 0.1) is 12.8 Å². The Hall–Kier alpha value is -1.82. The van der Waals surface area contributed by atoms with Gasteiger partial charge in [0.15, 0.2) is 5.82 Å². The van der Waals surface area contributed by atoms with E-state index in [0.29, 0.717) is 22.1 Å². The molecular formula is C11H11N3O2S. The third-order valence-corrected chi connectivity index (χ3v) is 2.70. The lowest BCUT2D eigenvalue weighted by atomic mass is 10.3. The molecule has 0 fully saturated rings. The molecule has 17 heavy (non-hydrogen) atoms. The highest BCUT2D eigenvalue weighted by Gasteiger charge is 2.20. The van der Waals surface area contributed by atoms with Crippen molar-refractivity contribution in [2.45, 2.75) is 11.9 Å². The molecule has 0 saturated carbocycles. The van der Waals surface area contributed by atoms with E-state index in [-0.39, 0.29) is 0 Å². The molecule has 0 saturated heterocycles. The van der Waals surface area contributed by atoms with E-state index in [2.05, 4.69) is 27.4 Å². The van der Waals surface area contributed by atoms with Gasteiger partial charge in [0.1, 0.15) is 10.6 Å². The van der Waals surface area contributed by atoms with Crippen molar-refractivity contribution in [2.75, 3.05) is 7.11 Å². The second-order valence-electron chi connectivity index (χ2n) is 3.38. The van der Waals surface area contributed by atoms with Gasteiger partial charge in [-0.15, -0.1) is 12.6 Å².